The van der Waals surface area contributed by atoms with E-state index >= 15 is 0 Å². The van der Waals surface area contributed by atoms with Crippen molar-refractivity contribution in [1.29, 1.82) is 0 Å². The van der Waals surface area contributed by atoms with Crippen molar-refractivity contribution in [3.05, 3.63) is 29.8 Å². The maximum Gasteiger partial charge on any atom is 0.325 e. The van der Waals surface area contributed by atoms with Crippen LogP contribution in [0.4, 0.5) is 5.69 Å². The average molecular weight is 376 g/mol. The summed E-state index contributed by atoms with van der Waals surface area (Å²) in [6.07, 6.45) is 6.32. The topological polar surface area (TPSA) is 105 Å². The molecule has 0 spiro atoms. The molecule has 27 heavy (non-hydrogen) atoms. The molecule has 0 aliphatic heterocycles. The highest BCUT2D eigenvalue weighted by Crippen LogP contribution is 2.21. The van der Waals surface area contributed by atoms with Crippen LogP contribution in [0.1, 0.15) is 62.7 Å². The van der Waals surface area contributed by atoms with Crippen LogP contribution in [-0.4, -0.2) is 41.1 Å². The molecule has 2 atom stereocenters. The van der Waals surface area contributed by atoms with Gasteiger partial charge in [-0.15, -0.1) is 0 Å². The summed E-state index contributed by atoms with van der Waals surface area (Å²) in [5.41, 5.74) is 0.878. The summed E-state index contributed by atoms with van der Waals surface area (Å²) >= 11 is 0. The van der Waals surface area contributed by atoms with Gasteiger partial charge in [0.15, 0.2) is 0 Å². The zero-order valence-electron chi connectivity index (χ0n) is 15.9. The molecule has 2 unspecified atom stereocenters. The van der Waals surface area contributed by atoms with Gasteiger partial charge in [-0.3, -0.25) is 14.4 Å². The molecular weight excluding hydrogens is 348 g/mol. The first-order valence-electron chi connectivity index (χ1n) is 9.47. The number of nitrogens with one attached hydrogen (secondary N) is 2. The smallest absolute Gasteiger partial charge is 0.325 e. The molecule has 1 aromatic rings. The van der Waals surface area contributed by atoms with Gasteiger partial charge in [-0.05, 0) is 51.0 Å². The Labute approximate surface area is 159 Å². The lowest BCUT2D eigenvalue weighted by molar-refractivity contribution is -0.138. The number of amides is 2. The quantitative estimate of drug-likeness (QED) is 0.635. The first-order valence-corrected chi connectivity index (χ1v) is 9.47. The van der Waals surface area contributed by atoms with Crippen molar-refractivity contribution in [3.63, 3.8) is 0 Å². The molecule has 1 saturated carbocycles. The number of ether oxygens (including phenoxy) is 1. The van der Waals surface area contributed by atoms with Crippen molar-refractivity contribution in [2.45, 2.75) is 70.6 Å². The van der Waals surface area contributed by atoms with Gasteiger partial charge in [0.1, 0.15) is 12.1 Å². The number of carboxylic acid groups (broad SMARTS) is 1. The Kier molecular flexibility index (Phi) is 7.79. The van der Waals surface area contributed by atoms with Gasteiger partial charge in [-0.2, -0.15) is 0 Å². The Morgan fingerprint density at radius 2 is 1.63 bits per heavy atom. The molecule has 1 aromatic carbocycles. The van der Waals surface area contributed by atoms with Crippen LogP contribution in [0.3, 0.4) is 0 Å². The van der Waals surface area contributed by atoms with Crippen molar-refractivity contribution in [1.82, 2.24) is 5.32 Å². The van der Waals surface area contributed by atoms with Crippen molar-refractivity contribution >= 4 is 23.5 Å². The maximum atomic E-state index is 12.3. The summed E-state index contributed by atoms with van der Waals surface area (Å²) in [6.45, 7) is 3.14. The fourth-order valence-electron chi connectivity index (χ4n) is 3.02. The van der Waals surface area contributed by atoms with E-state index in [4.69, 9.17) is 9.84 Å². The highest BCUT2D eigenvalue weighted by molar-refractivity contribution is 5.98. The van der Waals surface area contributed by atoms with Crippen LogP contribution in [0.15, 0.2) is 24.3 Å². The van der Waals surface area contributed by atoms with Gasteiger partial charge in [-0.25, -0.2) is 0 Å². The zero-order valence-corrected chi connectivity index (χ0v) is 15.9. The normalized spacial score (nSPS) is 17.4. The minimum atomic E-state index is -1.10. The van der Waals surface area contributed by atoms with Gasteiger partial charge >= 0.3 is 5.97 Å². The Balaban J connectivity index is 1.86. The second-order valence-corrected chi connectivity index (χ2v) is 6.99. The lowest BCUT2D eigenvalue weighted by atomic mass is 10.1. The van der Waals surface area contributed by atoms with Gasteiger partial charge in [0.2, 0.25) is 0 Å². The van der Waals surface area contributed by atoms with E-state index in [0.29, 0.717) is 11.3 Å². The Morgan fingerprint density at radius 3 is 2.19 bits per heavy atom. The predicted octanol–water partition coefficient (Wildman–Crippen LogP) is 2.96. The summed E-state index contributed by atoms with van der Waals surface area (Å²) in [6, 6.07) is 5.32. The number of benzene rings is 1. The SMILES string of the molecule is CC(NC(=O)c1ccc(NC(=O)C(C)OC2CCCCCC2)cc1)C(=O)O. The third-order valence-electron chi connectivity index (χ3n) is 4.70. The predicted molar refractivity (Wildman–Crippen MR) is 102 cm³/mol. The largest absolute Gasteiger partial charge is 0.480 e. The van der Waals surface area contributed by atoms with E-state index in [-0.39, 0.29) is 12.0 Å². The molecule has 148 valence electrons. The van der Waals surface area contributed by atoms with E-state index in [9.17, 15) is 14.4 Å². The first kappa shape index (κ1) is 20.9. The number of aliphatic carboxylic acids is 1. The minimum Gasteiger partial charge on any atom is -0.480 e. The Bertz CT molecular complexity index is 651. The van der Waals surface area contributed by atoms with Gasteiger partial charge in [-0.1, -0.05) is 25.7 Å². The minimum absolute atomic E-state index is 0.135. The number of rotatable bonds is 7. The summed E-state index contributed by atoms with van der Waals surface area (Å²) in [4.78, 5) is 35.1. The van der Waals surface area contributed by atoms with Gasteiger partial charge in [0.25, 0.3) is 11.8 Å². The summed E-state index contributed by atoms with van der Waals surface area (Å²) < 4.78 is 5.90. The van der Waals surface area contributed by atoms with Crippen LogP contribution < -0.4 is 10.6 Å². The average Bonchev–Trinajstić information content (AvgIpc) is 2.90. The second kappa shape index (κ2) is 10.1. The molecule has 2 rings (SSSR count). The molecule has 0 aromatic heterocycles. The van der Waals surface area contributed by atoms with Gasteiger partial charge < -0.3 is 20.5 Å². The molecule has 7 nitrogen and oxygen atoms in total. The lowest BCUT2D eigenvalue weighted by Gasteiger charge is -2.20. The first-order chi connectivity index (χ1) is 12.9. The van der Waals surface area contributed by atoms with Crippen LogP contribution in [0.2, 0.25) is 0 Å². The Morgan fingerprint density at radius 1 is 1.04 bits per heavy atom. The highest BCUT2D eigenvalue weighted by Gasteiger charge is 2.21. The van der Waals surface area contributed by atoms with Crippen LogP contribution in [0.25, 0.3) is 0 Å². The van der Waals surface area contributed by atoms with Crippen LogP contribution in [-0.2, 0) is 14.3 Å². The molecule has 0 heterocycles. The number of anilines is 1. The van der Waals surface area contributed by atoms with Crippen molar-refractivity contribution < 1.29 is 24.2 Å². The Hall–Kier alpha value is -2.41. The fourth-order valence-corrected chi connectivity index (χ4v) is 3.02. The zero-order chi connectivity index (χ0) is 19.8. The standard InChI is InChI=1S/C20H28N2O5/c1-13(20(25)26)21-19(24)15-9-11-16(12-10-15)22-18(23)14(2)27-17-7-5-3-4-6-8-17/h9-14,17H,3-8H2,1-2H3,(H,21,24)(H,22,23)(H,25,26). The van der Waals surface area contributed by atoms with E-state index in [1.165, 1.54) is 31.9 Å². The second-order valence-electron chi connectivity index (χ2n) is 6.99. The molecule has 0 bridgehead atoms. The summed E-state index contributed by atoms with van der Waals surface area (Å²) in [5, 5.41) is 14.0. The van der Waals surface area contributed by atoms with E-state index < -0.39 is 24.0 Å². The number of hydrogen-bond acceptors (Lipinski definition) is 4. The van der Waals surface area contributed by atoms with Crippen LogP contribution in [0.5, 0.6) is 0 Å². The van der Waals surface area contributed by atoms with Crippen molar-refractivity contribution in [2.75, 3.05) is 5.32 Å². The molecule has 2 amide bonds. The van der Waals surface area contributed by atoms with Gasteiger partial charge in [0.05, 0.1) is 6.10 Å². The molecule has 7 heteroatoms. The van der Waals surface area contributed by atoms with E-state index in [2.05, 4.69) is 10.6 Å². The van der Waals surface area contributed by atoms with Crippen molar-refractivity contribution in [2.24, 2.45) is 0 Å². The number of carbonyl (C=O) groups is 3. The maximum absolute atomic E-state index is 12.3. The van der Waals surface area contributed by atoms with E-state index in [1.54, 1.807) is 19.1 Å². The monoisotopic (exact) mass is 376 g/mol. The number of hydrogen-bond donors (Lipinski definition) is 3. The molecule has 1 aliphatic carbocycles. The molecule has 0 radical (unpaired) electrons. The molecule has 1 fully saturated rings. The van der Waals surface area contributed by atoms with Crippen LogP contribution >= 0.6 is 0 Å². The third-order valence-corrected chi connectivity index (χ3v) is 4.70. The molecule has 3 N–H and O–H groups in total. The van der Waals surface area contributed by atoms with E-state index in [1.807, 2.05) is 0 Å². The summed E-state index contributed by atoms with van der Waals surface area (Å²) in [5.74, 6) is -1.81. The van der Waals surface area contributed by atoms with Crippen LogP contribution in [0, 0.1) is 0 Å². The molecule has 1 aliphatic rings. The lowest BCUT2D eigenvalue weighted by Crippen LogP contribution is -2.38. The van der Waals surface area contributed by atoms with Gasteiger partial charge in [0, 0.05) is 11.3 Å². The molecule has 0 saturated heterocycles. The van der Waals surface area contributed by atoms with Crippen molar-refractivity contribution in [3.8, 4) is 0 Å². The fraction of sp³-hybridized carbons (Fsp3) is 0.550. The number of carbonyl (C=O) groups excluding carboxylic acids is 2. The number of carboxylic acids is 1. The highest BCUT2D eigenvalue weighted by atomic mass is 16.5. The van der Waals surface area contributed by atoms with E-state index in [0.717, 1.165) is 25.7 Å². The molecular formula is C20H28N2O5. The third kappa shape index (κ3) is 6.67. The summed E-state index contributed by atoms with van der Waals surface area (Å²) in [7, 11) is 0.